The summed E-state index contributed by atoms with van der Waals surface area (Å²) < 4.78 is 0. The van der Waals surface area contributed by atoms with E-state index in [0.29, 0.717) is 0 Å². The summed E-state index contributed by atoms with van der Waals surface area (Å²) in [6.45, 7) is 8.08. The minimum absolute atomic E-state index is 0. The molecule has 7 heteroatoms. The van der Waals surface area contributed by atoms with E-state index in [0.717, 1.165) is 35.5 Å². The third kappa shape index (κ3) is 7.11. The van der Waals surface area contributed by atoms with Crippen LogP contribution < -0.4 is 10.6 Å². The Morgan fingerprint density at radius 3 is 2.48 bits per heavy atom. The van der Waals surface area contributed by atoms with Crippen LogP contribution in [0.2, 0.25) is 5.02 Å². The number of guanidine groups is 1. The van der Waals surface area contributed by atoms with Gasteiger partial charge in [-0.3, -0.25) is 4.99 Å². The van der Waals surface area contributed by atoms with E-state index in [1.54, 1.807) is 18.4 Å². The Bertz CT molecular complexity index is 683. The maximum absolute atomic E-state index is 5.97. The van der Waals surface area contributed by atoms with Crippen molar-refractivity contribution in [2.45, 2.75) is 32.6 Å². The van der Waals surface area contributed by atoms with Crippen LogP contribution in [0.4, 0.5) is 0 Å². The van der Waals surface area contributed by atoms with E-state index in [2.05, 4.69) is 53.5 Å². The highest BCUT2D eigenvalue weighted by Gasteiger charge is 2.20. The summed E-state index contributed by atoms with van der Waals surface area (Å²) in [7, 11) is 1.79. The van der Waals surface area contributed by atoms with Gasteiger partial charge in [-0.15, -0.1) is 35.3 Å². The highest BCUT2D eigenvalue weighted by molar-refractivity contribution is 14.0. The average Bonchev–Trinajstić information content (AvgIpc) is 2.96. The summed E-state index contributed by atoms with van der Waals surface area (Å²) in [4.78, 5) is 9.92. The zero-order chi connectivity index (χ0) is 17.6. The van der Waals surface area contributed by atoms with Gasteiger partial charge in [-0.2, -0.15) is 0 Å². The molecule has 2 N–H and O–H groups in total. The first-order chi connectivity index (χ1) is 11.4. The van der Waals surface area contributed by atoms with Crippen molar-refractivity contribution in [2.24, 2.45) is 4.99 Å². The molecule has 0 unspecified atom stereocenters. The fraction of sp³-hybridized carbons (Fsp3) is 0.444. The van der Waals surface area contributed by atoms with E-state index >= 15 is 0 Å². The summed E-state index contributed by atoms with van der Waals surface area (Å²) in [6.07, 6.45) is 2.82. The molecule has 0 aliphatic carbocycles. The minimum atomic E-state index is -0.0192. The molecule has 0 fully saturated rings. The molecule has 0 saturated carbocycles. The first-order valence-electron chi connectivity index (χ1n) is 8.02. The molecule has 0 aliphatic rings. The van der Waals surface area contributed by atoms with Gasteiger partial charge in [-0.1, -0.05) is 37.6 Å². The van der Waals surface area contributed by atoms with Gasteiger partial charge in [-0.25, -0.2) is 4.98 Å². The number of nitrogens with one attached hydrogen (secondary N) is 2. The standard InChI is InChI=1S/C18H25ClN4S.HI/c1-13-11-22-16(24-13)9-10-21-17(20-4)23-12-18(2,3)14-5-7-15(19)8-6-14;/h5-8,11H,9-10,12H2,1-4H3,(H2,20,21,23);1H. The second-order valence-electron chi connectivity index (χ2n) is 6.36. The van der Waals surface area contributed by atoms with Gasteiger partial charge in [0.05, 0.1) is 5.01 Å². The molecule has 2 rings (SSSR count). The van der Waals surface area contributed by atoms with E-state index in [-0.39, 0.29) is 29.4 Å². The van der Waals surface area contributed by atoms with E-state index in [1.165, 1.54) is 10.4 Å². The third-order valence-corrected chi connectivity index (χ3v) is 5.07. The summed E-state index contributed by atoms with van der Waals surface area (Å²) in [5, 5.41) is 8.66. The van der Waals surface area contributed by atoms with Crippen molar-refractivity contribution >= 4 is 52.9 Å². The number of benzene rings is 1. The maximum atomic E-state index is 5.97. The molecule has 4 nitrogen and oxygen atoms in total. The zero-order valence-corrected chi connectivity index (χ0v) is 19.0. The zero-order valence-electron chi connectivity index (χ0n) is 15.1. The lowest BCUT2D eigenvalue weighted by molar-refractivity contribution is 0.508. The van der Waals surface area contributed by atoms with Gasteiger partial charge in [0, 0.05) is 48.1 Å². The topological polar surface area (TPSA) is 49.3 Å². The Morgan fingerprint density at radius 1 is 1.24 bits per heavy atom. The number of nitrogens with zero attached hydrogens (tertiary/aromatic N) is 2. The van der Waals surface area contributed by atoms with Crippen LogP contribution in [0.15, 0.2) is 35.5 Å². The van der Waals surface area contributed by atoms with Crippen molar-refractivity contribution in [3.05, 3.63) is 50.9 Å². The fourth-order valence-corrected chi connectivity index (χ4v) is 3.25. The number of aryl methyl sites for hydroxylation is 1. The highest BCUT2D eigenvalue weighted by atomic mass is 127. The molecule has 1 aromatic heterocycles. The Morgan fingerprint density at radius 2 is 1.92 bits per heavy atom. The minimum Gasteiger partial charge on any atom is -0.356 e. The van der Waals surface area contributed by atoms with Crippen molar-refractivity contribution < 1.29 is 0 Å². The van der Waals surface area contributed by atoms with E-state index < -0.39 is 0 Å². The van der Waals surface area contributed by atoms with Crippen molar-refractivity contribution in [3.8, 4) is 0 Å². The Labute approximate surface area is 176 Å². The number of thiazole rings is 1. The van der Waals surface area contributed by atoms with Crippen LogP contribution in [0, 0.1) is 6.92 Å². The Balaban J connectivity index is 0.00000312. The van der Waals surface area contributed by atoms with Gasteiger partial charge in [0.25, 0.3) is 0 Å². The first kappa shape index (κ1) is 22.2. The lowest BCUT2D eigenvalue weighted by atomic mass is 9.85. The van der Waals surface area contributed by atoms with Crippen LogP contribution in [-0.4, -0.2) is 31.1 Å². The Kier molecular flexibility index (Phi) is 9.16. The number of hydrogen-bond donors (Lipinski definition) is 2. The van der Waals surface area contributed by atoms with Gasteiger partial charge >= 0.3 is 0 Å². The van der Waals surface area contributed by atoms with E-state index in [4.69, 9.17) is 11.6 Å². The molecule has 0 atom stereocenters. The van der Waals surface area contributed by atoms with Gasteiger partial charge in [-0.05, 0) is 24.6 Å². The molecule has 0 amide bonds. The van der Waals surface area contributed by atoms with Gasteiger partial charge in [0.1, 0.15) is 0 Å². The second-order valence-corrected chi connectivity index (χ2v) is 8.11. The normalized spacial score (nSPS) is 11.8. The number of aromatic nitrogens is 1. The van der Waals surface area contributed by atoms with Crippen molar-refractivity contribution in [1.29, 1.82) is 0 Å². The number of aliphatic imine (C=N–C) groups is 1. The molecule has 1 heterocycles. The second kappa shape index (κ2) is 10.3. The molecular formula is C18H26ClIN4S. The van der Waals surface area contributed by atoms with Gasteiger partial charge in [0.15, 0.2) is 5.96 Å². The third-order valence-electron chi connectivity index (χ3n) is 3.85. The maximum Gasteiger partial charge on any atom is 0.191 e. The highest BCUT2D eigenvalue weighted by Crippen LogP contribution is 2.23. The molecule has 0 aliphatic heterocycles. The predicted octanol–water partition coefficient (Wildman–Crippen LogP) is 4.41. The molecule has 138 valence electrons. The summed E-state index contributed by atoms with van der Waals surface area (Å²) in [6, 6.07) is 8.01. The Hall–Kier alpha value is -0.860. The predicted molar refractivity (Wildman–Crippen MR) is 120 cm³/mol. The molecule has 0 spiro atoms. The van der Waals surface area contributed by atoms with Gasteiger partial charge in [0.2, 0.25) is 0 Å². The van der Waals surface area contributed by atoms with Crippen molar-refractivity contribution in [1.82, 2.24) is 15.6 Å². The summed E-state index contributed by atoms with van der Waals surface area (Å²) in [5.74, 6) is 0.810. The fourth-order valence-electron chi connectivity index (χ4n) is 2.33. The number of rotatable bonds is 6. The molecule has 2 aromatic rings. The van der Waals surface area contributed by atoms with Crippen LogP contribution in [0.5, 0.6) is 0 Å². The lowest BCUT2D eigenvalue weighted by Crippen LogP contribution is -2.44. The monoisotopic (exact) mass is 492 g/mol. The largest absolute Gasteiger partial charge is 0.356 e. The average molecular weight is 493 g/mol. The molecular weight excluding hydrogens is 467 g/mol. The first-order valence-corrected chi connectivity index (χ1v) is 9.22. The number of halogens is 2. The van der Waals surface area contributed by atoms with Crippen LogP contribution in [-0.2, 0) is 11.8 Å². The smallest absolute Gasteiger partial charge is 0.191 e. The van der Waals surface area contributed by atoms with Crippen LogP contribution in [0.3, 0.4) is 0 Å². The SMILES string of the molecule is CN=C(NCCc1ncc(C)s1)NCC(C)(C)c1ccc(Cl)cc1.I. The van der Waals surface area contributed by atoms with E-state index in [9.17, 15) is 0 Å². The molecule has 1 aromatic carbocycles. The molecule has 0 radical (unpaired) electrons. The molecule has 0 bridgehead atoms. The molecule has 25 heavy (non-hydrogen) atoms. The summed E-state index contributed by atoms with van der Waals surface area (Å²) in [5.41, 5.74) is 1.22. The van der Waals surface area contributed by atoms with Crippen molar-refractivity contribution in [2.75, 3.05) is 20.1 Å². The lowest BCUT2D eigenvalue weighted by Gasteiger charge is -2.27. The van der Waals surface area contributed by atoms with Crippen LogP contribution in [0.25, 0.3) is 0 Å². The van der Waals surface area contributed by atoms with Crippen molar-refractivity contribution in [3.63, 3.8) is 0 Å². The van der Waals surface area contributed by atoms with Crippen LogP contribution >= 0.6 is 46.9 Å². The molecule has 0 saturated heterocycles. The quantitative estimate of drug-likeness (QED) is 0.357. The number of hydrogen-bond acceptors (Lipinski definition) is 3. The van der Waals surface area contributed by atoms with E-state index in [1.807, 2.05) is 18.3 Å². The van der Waals surface area contributed by atoms with Gasteiger partial charge < -0.3 is 10.6 Å². The summed E-state index contributed by atoms with van der Waals surface area (Å²) >= 11 is 7.71. The van der Waals surface area contributed by atoms with Crippen LogP contribution in [0.1, 0.15) is 29.3 Å².